The number of furan rings is 1. The van der Waals surface area contributed by atoms with E-state index in [1.54, 1.807) is 43.4 Å². The Morgan fingerprint density at radius 1 is 1.26 bits per heavy atom. The summed E-state index contributed by atoms with van der Waals surface area (Å²) in [5.41, 5.74) is 4.67. The molecule has 35 heavy (non-hydrogen) atoms. The van der Waals surface area contributed by atoms with Gasteiger partial charge in [-0.1, -0.05) is 12.1 Å². The molecule has 1 aromatic heterocycles. The van der Waals surface area contributed by atoms with Crippen LogP contribution in [0.4, 0.5) is 4.39 Å². The first-order valence-corrected chi connectivity index (χ1v) is 11.8. The third kappa shape index (κ3) is 4.94. The number of likely N-dealkylation sites (tertiary alicyclic amines) is 1. The summed E-state index contributed by atoms with van der Waals surface area (Å²) in [5, 5.41) is 0.852. The number of hydrogen-bond donors (Lipinski definition) is 0. The van der Waals surface area contributed by atoms with Gasteiger partial charge in [-0.05, 0) is 62.9 Å². The highest BCUT2D eigenvalue weighted by Crippen LogP contribution is 2.40. The number of piperidine rings is 1. The Kier molecular flexibility index (Phi) is 7.24. The van der Waals surface area contributed by atoms with Gasteiger partial charge in [-0.15, -0.1) is 0 Å². The molecule has 1 aliphatic rings. The van der Waals surface area contributed by atoms with Crippen molar-refractivity contribution in [2.45, 2.75) is 33.6 Å². The normalized spacial score (nSPS) is 16.4. The van der Waals surface area contributed by atoms with Crippen LogP contribution in [0, 0.1) is 18.7 Å². The molecule has 184 valence electrons. The molecule has 0 aliphatic carbocycles. The second kappa shape index (κ2) is 10.3. The molecule has 2 aromatic carbocycles. The zero-order chi connectivity index (χ0) is 25.1. The van der Waals surface area contributed by atoms with E-state index in [1.807, 2.05) is 19.9 Å². The van der Waals surface area contributed by atoms with Crippen molar-refractivity contribution >= 4 is 28.4 Å². The first-order chi connectivity index (χ1) is 16.8. The maximum absolute atomic E-state index is 13.4. The molecule has 2 heterocycles. The van der Waals surface area contributed by atoms with E-state index in [-0.39, 0.29) is 23.6 Å². The van der Waals surface area contributed by atoms with Crippen LogP contribution in [0.15, 0.2) is 47.1 Å². The van der Waals surface area contributed by atoms with Gasteiger partial charge >= 0.3 is 5.97 Å². The minimum absolute atomic E-state index is 0.151. The van der Waals surface area contributed by atoms with Gasteiger partial charge in [0, 0.05) is 41.2 Å². The lowest BCUT2D eigenvalue weighted by atomic mass is 9.95. The topological polar surface area (TPSA) is 69.0 Å². The van der Waals surface area contributed by atoms with Crippen molar-refractivity contribution < 1.29 is 27.9 Å². The van der Waals surface area contributed by atoms with Gasteiger partial charge in [0.05, 0.1) is 25.9 Å². The fourth-order valence-corrected chi connectivity index (χ4v) is 4.71. The molecule has 6 nitrogen and oxygen atoms in total. The summed E-state index contributed by atoms with van der Waals surface area (Å²) in [6.07, 6.45) is 4.73. The maximum Gasteiger partial charge on any atom is 0.310 e. The van der Waals surface area contributed by atoms with Gasteiger partial charge in [0.25, 0.3) is 0 Å². The number of aryl methyl sites for hydroxylation is 1. The highest BCUT2D eigenvalue weighted by atomic mass is 19.1. The van der Waals surface area contributed by atoms with Crippen molar-refractivity contribution in [3.8, 4) is 16.9 Å². The Bertz CT molecular complexity index is 1270. The molecule has 1 aliphatic heterocycles. The second-order valence-corrected chi connectivity index (χ2v) is 8.82. The van der Waals surface area contributed by atoms with E-state index in [0.717, 1.165) is 46.1 Å². The van der Waals surface area contributed by atoms with E-state index >= 15 is 0 Å². The Labute approximate surface area is 204 Å². The number of esters is 1. The van der Waals surface area contributed by atoms with Crippen LogP contribution in [0.5, 0.6) is 5.75 Å². The zero-order valence-corrected chi connectivity index (χ0v) is 20.5. The van der Waals surface area contributed by atoms with Crippen molar-refractivity contribution in [1.29, 1.82) is 0 Å². The highest BCUT2D eigenvalue weighted by molar-refractivity contribution is 6.01. The Hall–Kier alpha value is -3.61. The summed E-state index contributed by atoms with van der Waals surface area (Å²) in [7, 11) is 1.59. The van der Waals surface area contributed by atoms with Gasteiger partial charge in [0.15, 0.2) is 0 Å². The van der Waals surface area contributed by atoms with Crippen molar-refractivity contribution in [1.82, 2.24) is 4.90 Å². The first kappa shape index (κ1) is 24.5. The monoisotopic (exact) mass is 479 g/mol. The lowest BCUT2D eigenvalue weighted by Gasteiger charge is -2.31. The van der Waals surface area contributed by atoms with E-state index in [2.05, 4.69) is 0 Å². The van der Waals surface area contributed by atoms with Crippen LogP contribution in [0.25, 0.3) is 27.7 Å². The third-order valence-corrected chi connectivity index (χ3v) is 6.52. The van der Waals surface area contributed by atoms with Gasteiger partial charge < -0.3 is 18.8 Å². The average Bonchev–Trinajstić information content (AvgIpc) is 3.29. The molecule has 1 amide bonds. The fraction of sp³-hybridized carbons (Fsp3) is 0.357. The highest BCUT2D eigenvalue weighted by Gasteiger charge is 2.29. The zero-order valence-electron chi connectivity index (χ0n) is 20.5. The number of amides is 1. The van der Waals surface area contributed by atoms with Crippen molar-refractivity contribution in [3.63, 3.8) is 0 Å². The molecule has 7 heteroatoms. The number of methoxy groups -OCH3 is 1. The summed E-state index contributed by atoms with van der Waals surface area (Å²) in [4.78, 5) is 27.0. The van der Waals surface area contributed by atoms with Crippen LogP contribution in [0.3, 0.4) is 0 Å². The molecule has 1 atom stereocenters. The lowest BCUT2D eigenvalue weighted by molar-refractivity contribution is -0.150. The molecule has 4 rings (SSSR count). The Morgan fingerprint density at radius 3 is 2.69 bits per heavy atom. The minimum Gasteiger partial charge on any atom is -0.496 e. The summed E-state index contributed by atoms with van der Waals surface area (Å²) < 4.78 is 30.2. The minimum atomic E-state index is -0.305. The third-order valence-electron chi connectivity index (χ3n) is 6.52. The summed E-state index contributed by atoms with van der Waals surface area (Å²) >= 11 is 0. The number of carbonyl (C=O) groups is 2. The number of allylic oxidation sites excluding steroid dienone is 1. The van der Waals surface area contributed by atoms with Crippen LogP contribution < -0.4 is 4.74 Å². The van der Waals surface area contributed by atoms with Gasteiger partial charge in [0.1, 0.15) is 17.1 Å². The molecular formula is C28H30FNO5. The van der Waals surface area contributed by atoms with E-state index in [9.17, 15) is 14.0 Å². The molecule has 1 fully saturated rings. The predicted molar refractivity (Wildman–Crippen MR) is 132 cm³/mol. The number of carbonyl (C=O) groups excluding carboxylic acids is 2. The summed E-state index contributed by atoms with van der Waals surface area (Å²) in [5.74, 6) is -0.370. The smallest absolute Gasteiger partial charge is 0.310 e. The van der Waals surface area contributed by atoms with Gasteiger partial charge in [-0.2, -0.15) is 0 Å². The molecule has 1 unspecified atom stereocenters. The molecule has 0 saturated carbocycles. The van der Waals surface area contributed by atoms with Crippen LogP contribution in [-0.2, 0) is 14.3 Å². The second-order valence-electron chi connectivity index (χ2n) is 8.82. The first-order valence-electron chi connectivity index (χ1n) is 11.8. The molecular weight excluding hydrogens is 449 g/mol. The molecule has 0 radical (unpaired) electrons. The molecule has 0 N–H and O–H groups in total. The van der Waals surface area contributed by atoms with Crippen LogP contribution >= 0.6 is 0 Å². The molecule has 0 bridgehead atoms. The number of halogens is 1. The number of fused-ring (bicyclic) bond motifs is 1. The summed E-state index contributed by atoms with van der Waals surface area (Å²) in [6, 6.07) is 8.19. The van der Waals surface area contributed by atoms with E-state index in [4.69, 9.17) is 13.9 Å². The number of ether oxygens (including phenoxy) is 2. The molecule has 1 saturated heterocycles. The number of rotatable bonds is 6. The average molecular weight is 480 g/mol. The predicted octanol–water partition coefficient (Wildman–Crippen LogP) is 5.76. The van der Waals surface area contributed by atoms with Crippen LogP contribution in [0.2, 0.25) is 0 Å². The van der Waals surface area contributed by atoms with Crippen molar-refractivity contribution in [3.05, 3.63) is 59.6 Å². The number of hydrogen-bond acceptors (Lipinski definition) is 5. The fourth-order valence-electron chi connectivity index (χ4n) is 4.71. The molecule has 3 aromatic rings. The maximum atomic E-state index is 13.4. The van der Waals surface area contributed by atoms with Gasteiger partial charge in [-0.3, -0.25) is 9.59 Å². The van der Waals surface area contributed by atoms with E-state index in [1.165, 1.54) is 12.1 Å². The quantitative estimate of drug-likeness (QED) is 0.332. The standard InChI is InChI=1S/C28H30FNO5/c1-5-34-28(32)20-7-6-12-30(15-20)25(31)13-17(2)22-14-23-24(19-8-10-21(29)11-9-19)16-35-27(23)18(3)26(22)33-4/h8-11,13-14,16,20H,5-7,12,15H2,1-4H3/b17-13+. The van der Waals surface area contributed by atoms with E-state index < -0.39 is 0 Å². The van der Waals surface area contributed by atoms with Gasteiger partial charge in [-0.25, -0.2) is 4.39 Å². The van der Waals surface area contributed by atoms with Crippen molar-refractivity contribution in [2.24, 2.45) is 5.92 Å². The van der Waals surface area contributed by atoms with Crippen LogP contribution in [0.1, 0.15) is 37.8 Å². The SMILES string of the molecule is CCOC(=O)C1CCCN(C(=O)/C=C(\C)c2cc3c(-c4ccc(F)cc4)coc3c(C)c2OC)C1. The lowest BCUT2D eigenvalue weighted by Crippen LogP contribution is -2.42. The number of nitrogens with zero attached hydrogens (tertiary/aromatic N) is 1. The van der Waals surface area contributed by atoms with E-state index in [0.29, 0.717) is 31.0 Å². The van der Waals surface area contributed by atoms with Gasteiger partial charge in [0.2, 0.25) is 5.91 Å². The van der Waals surface area contributed by atoms with Crippen LogP contribution in [-0.4, -0.2) is 43.6 Å². The Morgan fingerprint density at radius 2 is 2.00 bits per heavy atom. The Balaban J connectivity index is 1.68. The largest absolute Gasteiger partial charge is 0.496 e. The van der Waals surface area contributed by atoms with Crippen molar-refractivity contribution in [2.75, 3.05) is 26.8 Å². The number of benzene rings is 2. The summed E-state index contributed by atoms with van der Waals surface area (Å²) in [6.45, 7) is 6.84. The molecule has 0 spiro atoms.